The number of hydrogen-bond donors (Lipinski definition) is 2. The van der Waals surface area contributed by atoms with Crippen molar-refractivity contribution in [3.63, 3.8) is 0 Å². The molecule has 42 heavy (non-hydrogen) atoms. The zero-order valence-corrected chi connectivity index (χ0v) is 22.1. The number of ether oxygens (including phenoxy) is 2. The van der Waals surface area contributed by atoms with Crippen LogP contribution in [0, 0.1) is 0 Å². The number of nitrogens with one attached hydrogen (secondary N) is 2. The lowest BCUT2D eigenvalue weighted by atomic mass is 9.93. The summed E-state index contributed by atoms with van der Waals surface area (Å²) in [6, 6.07) is 9.09. The SMILES string of the molecule is COc1c(NC(=O)c2ccccc2Cl)cccc1C(=O)Nc1c(Cl)cc(C(F)(C(F)(F)F)C(F)(F)F)cc1OC(F)F. The number of anilines is 2. The van der Waals surface area contributed by atoms with Gasteiger partial charge in [-0.3, -0.25) is 9.59 Å². The number of hydrogen-bond acceptors (Lipinski definition) is 4. The van der Waals surface area contributed by atoms with Crippen LogP contribution >= 0.6 is 23.2 Å². The first-order valence-corrected chi connectivity index (χ1v) is 11.8. The van der Waals surface area contributed by atoms with Gasteiger partial charge >= 0.3 is 24.6 Å². The fraction of sp³-hybridized carbons (Fsp3) is 0.200. The van der Waals surface area contributed by atoms with Gasteiger partial charge in [-0.2, -0.15) is 35.1 Å². The standard InChI is InChI=1S/C25H15Cl2F9N2O4/c1-41-19-13(6-4-8-16(19)37-20(39)12-5-2-3-7-14(12)26)21(40)38-18-15(27)9-11(10-17(18)42-22(28)29)23(30,24(31,32)33)25(34,35)36/h2-10,22H,1H3,(H,37,39)(H,38,40). The number of para-hydroxylation sites is 1. The van der Waals surface area contributed by atoms with Gasteiger partial charge in [0.1, 0.15) is 5.69 Å². The summed E-state index contributed by atoms with van der Waals surface area (Å²) in [4.78, 5) is 25.8. The minimum Gasteiger partial charge on any atom is -0.494 e. The number of carbonyl (C=O) groups excluding carboxylic acids is 2. The fourth-order valence-electron chi connectivity index (χ4n) is 3.63. The fourth-order valence-corrected chi connectivity index (χ4v) is 4.11. The van der Waals surface area contributed by atoms with E-state index < -0.39 is 64.0 Å². The maximum atomic E-state index is 14.6. The van der Waals surface area contributed by atoms with E-state index in [0.717, 1.165) is 13.2 Å². The Morgan fingerprint density at radius 1 is 0.786 bits per heavy atom. The average Bonchev–Trinajstić information content (AvgIpc) is 2.88. The molecule has 0 bridgehead atoms. The Balaban J connectivity index is 2.06. The minimum atomic E-state index is -6.59. The highest BCUT2D eigenvalue weighted by molar-refractivity contribution is 6.35. The van der Waals surface area contributed by atoms with Crippen LogP contribution in [0.5, 0.6) is 11.5 Å². The highest BCUT2D eigenvalue weighted by Crippen LogP contribution is 2.55. The molecule has 3 rings (SSSR count). The zero-order valence-electron chi connectivity index (χ0n) is 20.6. The van der Waals surface area contributed by atoms with Crippen LogP contribution in [0.1, 0.15) is 26.3 Å². The van der Waals surface area contributed by atoms with Crippen molar-refractivity contribution >= 4 is 46.4 Å². The molecule has 0 unspecified atom stereocenters. The Labute approximate surface area is 240 Å². The summed E-state index contributed by atoms with van der Waals surface area (Å²) in [5, 5.41) is 3.24. The molecule has 226 valence electrons. The highest BCUT2D eigenvalue weighted by atomic mass is 35.5. The second-order valence-electron chi connectivity index (χ2n) is 8.14. The molecule has 0 aliphatic rings. The summed E-state index contributed by atoms with van der Waals surface area (Å²) in [5.41, 5.74) is -9.77. The van der Waals surface area contributed by atoms with Gasteiger partial charge in [0.2, 0.25) is 0 Å². The quantitative estimate of drug-likeness (QED) is 0.241. The van der Waals surface area contributed by atoms with Crippen LogP contribution in [0.3, 0.4) is 0 Å². The normalized spacial score (nSPS) is 12.2. The van der Waals surface area contributed by atoms with Gasteiger partial charge in [0.05, 0.1) is 34.0 Å². The maximum absolute atomic E-state index is 14.6. The molecular formula is C25H15Cl2F9N2O4. The van der Waals surface area contributed by atoms with Gasteiger partial charge < -0.3 is 20.1 Å². The molecule has 0 radical (unpaired) electrons. The molecule has 0 atom stereocenters. The first-order valence-electron chi connectivity index (χ1n) is 11.1. The maximum Gasteiger partial charge on any atom is 0.435 e. The van der Waals surface area contributed by atoms with Gasteiger partial charge in [-0.25, -0.2) is 4.39 Å². The van der Waals surface area contributed by atoms with Gasteiger partial charge in [0.25, 0.3) is 11.8 Å². The van der Waals surface area contributed by atoms with Crippen LogP contribution in [0.25, 0.3) is 0 Å². The third-order valence-corrected chi connectivity index (χ3v) is 6.15. The lowest BCUT2D eigenvalue weighted by Crippen LogP contribution is -2.50. The van der Waals surface area contributed by atoms with Crippen molar-refractivity contribution in [3.8, 4) is 11.5 Å². The van der Waals surface area contributed by atoms with E-state index in [-0.39, 0.29) is 34.2 Å². The number of alkyl halides is 9. The molecular weight excluding hydrogens is 634 g/mol. The van der Waals surface area contributed by atoms with Crippen LogP contribution in [0.2, 0.25) is 10.0 Å². The van der Waals surface area contributed by atoms with E-state index in [9.17, 15) is 49.1 Å². The molecule has 0 aromatic heterocycles. The van der Waals surface area contributed by atoms with Gasteiger partial charge in [0.15, 0.2) is 11.5 Å². The molecule has 17 heteroatoms. The van der Waals surface area contributed by atoms with Crippen molar-refractivity contribution in [1.29, 1.82) is 0 Å². The Kier molecular flexibility index (Phi) is 9.47. The number of methoxy groups -OCH3 is 1. The molecule has 3 aromatic rings. The highest BCUT2D eigenvalue weighted by Gasteiger charge is 2.73. The molecule has 0 saturated heterocycles. The number of carbonyl (C=O) groups is 2. The molecule has 0 aliphatic heterocycles. The van der Waals surface area contributed by atoms with E-state index >= 15 is 0 Å². The summed E-state index contributed by atoms with van der Waals surface area (Å²) < 4.78 is 129. The summed E-state index contributed by atoms with van der Waals surface area (Å²) in [6.45, 7) is -3.85. The van der Waals surface area contributed by atoms with Crippen molar-refractivity contribution in [1.82, 2.24) is 0 Å². The van der Waals surface area contributed by atoms with Crippen molar-refractivity contribution in [3.05, 3.63) is 81.3 Å². The first kappa shape index (κ1) is 32.7. The summed E-state index contributed by atoms with van der Waals surface area (Å²) >= 11 is 11.8. The van der Waals surface area contributed by atoms with Crippen molar-refractivity contribution in [2.24, 2.45) is 0 Å². The van der Waals surface area contributed by atoms with E-state index in [1.165, 1.54) is 30.3 Å². The number of benzene rings is 3. The van der Waals surface area contributed by atoms with Crippen LogP contribution in [0.15, 0.2) is 54.6 Å². The largest absolute Gasteiger partial charge is 0.494 e. The van der Waals surface area contributed by atoms with E-state index in [0.29, 0.717) is 0 Å². The number of amides is 2. The van der Waals surface area contributed by atoms with Gasteiger partial charge in [-0.05, 0) is 36.4 Å². The Morgan fingerprint density at radius 3 is 1.90 bits per heavy atom. The summed E-state index contributed by atoms with van der Waals surface area (Å²) in [5.74, 6) is -3.81. The van der Waals surface area contributed by atoms with E-state index in [1.807, 2.05) is 5.32 Å². The first-order chi connectivity index (χ1) is 19.4. The van der Waals surface area contributed by atoms with E-state index in [4.69, 9.17) is 27.9 Å². The Hall–Kier alpha value is -3.85. The van der Waals surface area contributed by atoms with E-state index in [2.05, 4.69) is 10.1 Å². The Morgan fingerprint density at radius 2 is 1.36 bits per heavy atom. The molecule has 0 aliphatic carbocycles. The Bertz CT molecular complexity index is 1480. The summed E-state index contributed by atoms with van der Waals surface area (Å²) in [6.07, 6.45) is -13.2. The monoisotopic (exact) mass is 648 g/mol. The predicted molar refractivity (Wildman–Crippen MR) is 133 cm³/mol. The third kappa shape index (κ3) is 6.46. The number of rotatable bonds is 8. The molecule has 2 amide bonds. The average molecular weight is 649 g/mol. The molecule has 0 spiro atoms. The molecule has 0 heterocycles. The van der Waals surface area contributed by atoms with Crippen LogP contribution < -0.4 is 20.1 Å². The molecule has 6 nitrogen and oxygen atoms in total. The van der Waals surface area contributed by atoms with Crippen molar-refractivity contribution < 1.29 is 58.6 Å². The van der Waals surface area contributed by atoms with Gasteiger partial charge in [-0.1, -0.05) is 41.4 Å². The number of halogens is 11. The topological polar surface area (TPSA) is 76.7 Å². The van der Waals surface area contributed by atoms with Crippen molar-refractivity contribution in [2.75, 3.05) is 17.7 Å². The molecule has 0 saturated carbocycles. The van der Waals surface area contributed by atoms with Crippen LogP contribution in [-0.4, -0.2) is 37.9 Å². The molecule has 2 N–H and O–H groups in total. The smallest absolute Gasteiger partial charge is 0.435 e. The zero-order chi connectivity index (χ0) is 31.6. The van der Waals surface area contributed by atoms with Crippen LogP contribution in [0.4, 0.5) is 50.9 Å². The second-order valence-corrected chi connectivity index (χ2v) is 8.95. The molecule has 0 fully saturated rings. The van der Waals surface area contributed by atoms with Crippen LogP contribution in [-0.2, 0) is 5.67 Å². The van der Waals surface area contributed by atoms with Gasteiger partial charge in [-0.15, -0.1) is 0 Å². The third-order valence-electron chi connectivity index (χ3n) is 5.52. The lowest BCUT2D eigenvalue weighted by molar-refractivity contribution is -0.348. The van der Waals surface area contributed by atoms with E-state index in [1.54, 1.807) is 6.07 Å². The van der Waals surface area contributed by atoms with Crippen molar-refractivity contribution in [2.45, 2.75) is 24.6 Å². The lowest BCUT2D eigenvalue weighted by Gasteiger charge is -2.31. The summed E-state index contributed by atoms with van der Waals surface area (Å²) in [7, 11) is 1.08. The molecule has 3 aromatic carbocycles. The predicted octanol–water partition coefficient (Wildman–Crippen LogP) is 8.40. The minimum absolute atomic E-state index is 0.0402. The second kappa shape index (κ2) is 12.2. The van der Waals surface area contributed by atoms with Gasteiger partial charge in [0, 0.05) is 5.56 Å².